The molecule has 0 bridgehead atoms. The summed E-state index contributed by atoms with van der Waals surface area (Å²) in [5, 5.41) is 10.9. The van der Waals surface area contributed by atoms with Gasteiger partial charge in [-0.05, 0) is 23.8 Å². The Morgan fingerprint density at radius 1 is 1.38 bits per heavy atom. The quantitative estimate of drug-likeness (QED) is 0.382. The number of rotatable bonds is 6. The topological polar surface area (TPSA) is 54.9 Å². The molecular weight excluding hydrogens is 309 g/mol. The highest BCUT2D eigenvalue weighted by Crippen LogP contribution is 2.25. The second-order valence-corrected chi connectivity index (χ2v) is 6.09. The summed E-state index contributed by atoms with van der Waals surface area (Å²) < 4.78 is 13.5. The van der Waals surface area contributed by atoms with Crippen LogP contribution < -0.4 is 5.32 Å². The lowest BCUT2D eigenvalue weighted by molar-refractivity contribution is -0.111. The zero-order chi connectivity index (χ0) is 15.1. The molecule has 1 aromatic heterocycles. The number of halogens is 1. The summed E-state index contributed by atoms with van der Waals surface area (Å²) >= 11 is 2.80. The first kappa shape index (κ1) is 15.4. The van der Waals surface area contributed by atoms with Crippen LogP contribution in [0.4, 0.5) is 9.52 Å². The summed E-state index contributed by atoms with van der Waals surface area (Å²) in [6.07, 6.45) is 4.74. The standard InChI is InChI=1S/C14H12FN3OS2/c1-2-9-20-14-18-17-13(21-14)16-12(19)8-5-10-3-6-11(15)7-4-10/h2-8H,1,9H2,(H,16,17,19)/b8-5+. The molecule has 1 heterocycles. The Bertz CT molecular complexity index is 652. The number of hydrogen-bond donors (Lipinski definition) is 1. The van der Waals surface area contributed by atoms with E-state index in [0.29, 0.717) is 5.13 Å². The maximum absolute atomic E-state index is 12.7. The van der Waals surface area contributed by atoms with Crippen LogP contribution >= 0.6 is 23.1 Å². The third-order valence-electron chi connectivity index (χ3n) is 2.26. The van der Waals surface area contributed by atoms with Gasteiger partial charge in [-0.1, -0.05) is 41.3 Å². The SMILES string of the molecule is C=CCSc1nnc(NC(=O)/C=C/c2ccc(F)cc2)s1. The molecule has 0 atom stereocenters. The van der Waals surface area contributed by atoms with Gasteiger partial charge in [0.15, 0.2) is 4.34 Å². The van der Waals surface area contributed by atoms with E-state index in [0.717, 1.165) is 15.7 Å². The van der Waals surface area contributed by atoms with Crippen molar-refractivity contribution in [3.05, 3.63) is 54.4 Å². The van der Waals surface area contributed by atoms with E-state index in [1.807, 2.05) is 0 Å². The summed E-state index contributed by atoms with van der Waals surface area (Å²) in [5.41, 5.74) is 0.742. The van der Waals surface area contributed by atoms with Gasteiger partial charge < -0.3 is 0 Å². The van der Waals surface area contributed by atoms with E-state index in [-0.39, 0.29) is 11.7 Å². The number of amides is 1. The van der Waals surface area contributed by atoms with Gasteiger partial charge in [0.05, 0.1) is 0 Å². The molecule has 0 fully saturated rings. The van der Waals surface area contributed by atoms with Gasteiger partial charge in [0, 0.05) is 11.8 Å². The minimum absolute atomic E-state index is 0.309. The molecule has 0 saturated heterocycles. The molecule has 4 nitrogen and oxygen atoms in total. The smallest absolute Gasteiger partial charge is 0.250 e. The molecule has 0 aliphatic heterocycles. The number of carbonyl (C=O) groups is 1. The second-order valence-electron chi connectivity index (χ2n) is 3.85. The summed E-state index contributed by atoms with van der Waals surface area (Å²) in [6.45, 7) is 3.62. The second kappa shape index (κ2) is 7.70. The third-order valence-corrected chi connectivity index (χ3v) is 4.23. The lowest BCUT2D eigenvalue weighted by Gasteiger charge is -1.95. The molecule has 2 aromatic rings. The van der Waals surface area contributed by atoms with Crippen LogP contribution in [0.1, 0.15) is 5.56 Å². The zero-order valence-electron chi connectivity index (χ0n) is 11.0. The van der Waals surface area contributed by atoms with E-state index in [4.69, 9.17) is 0 Å². The van der Waals surface area contributed by atoms with Crippen molar-refractivity contribution in [2.45, 2.75) is 4.34 Å². The Hall–Kier alpha value is -1.99. The molecule has 0 radical (unpaired) electrons. The maximum Gasteiger partial charge on any atom is 0.250 e. The minimum Gasteiger partial charge on any atom is -0.297 e. The highest BCUT2D eigenvalue weighted by molar-refractivity contribution is 8.01. The van der Waals surface area contributed by atoms with Crippen LogP contribution in [0.15, 0.2) is 47.3 Å². The van der Waals surface area contributed by atoms with Crippen molar-refractivity contribution < 1.29 is 9.18 Å². The van der Waals surface area contributed by atoms with Crippen molar-refractivity contribution in [3.8, 4) is 0 Å². The number of nitrogens with one attached hydrogen (secondary N) is 1. The molecule has 0 aliphatic rings. The van der Waals surface area contributed by atoms with Crippen LogP contribution in [0.5, 0.6) is 0 Å². The van der Waals surface area contributed by atoms with Gasteiger partial charge in [-0.3, -0.25) is 10.1 Å². The van der Waals surface area contributed by atoms with Crippen molar-refractivity contribution in [1.29, 1.82) is 0 Å². The van der Waals surface area contributed by atoms with Gasteiger partial charge in [-0.2, -0.15) is 0 Å². The van der Waals surface area contributed by atoms with Crippen LogP contribution in [0.3, 0.4) is 0 Å². The molecule has 0 unspecified atom stereocenters. The van der Waals surface area contributed by atoms with Gasteiger partial charge in [0.2, 0.25) is 11.0 Å². The minimum atomic E-state index is -0.310. The Kier molecular flexibility index (Phi) is 5.65. The van der Waals surface area contributed by atoms with Crippen molar-refractivity contribution in [2.75, 3.05) is 11.1 Å². The highest BCUT2D eigenvalue weighted by Gasteiger charge is 2.06. The predicted molar refractivity (Wildman–Crippen MR) is 84.9 cm³/mol. The normalized spacial score (nSPS) is 10.7. The van der Waals surface area contributed by atoms with Gasteiger partial charge in [0.25, 0.3) is 0 Å². The Morgan fingerprint density at radius 3 is 2.86 bits per heavy atom. The molecule has 0 spiro atoms. The van der Waals surface area contributed by atoms with Crippen LogP contribution in [0.2, 0.25) is 0 Å². The monoisotopic (exact) mass is 321 g/mol. The summed E-state index contributed by atoms with van der Waals surface area (Å²) in [4.78, 5) is 11.7. The Labute approximate surface area is 129 Å². The van der Waals surface area contributed by atoms with Crippen molar-refractivity contribution >= 4 is 40.2 Å². The average Bonchev–Trinajstić information content (AvgIpc) is 2.92. The van der Waals surface area contributed by atoms with Crippen molar-refractivity contribution in [2.24, 2.45) is 0 Å². The summed E-state index contributed by atoms with van der Waals surface area (Å²) in [6, 6.07) is 5.86. The van der Waals surface area contributed by atoms with E-state index < -0.39 is 0 Å². The molecular formula is C14H12FN3OS2. The lowest BCUT2D eigenvalue weighted by atomic mass is 10.2. The van der Waals surface area contributed by atoms with Gasteiger partial charge in [-0.15, -0.1) is 16.8 Å². The molecule has 1 amide bonds. The van der Waals surface area contributed by atoms with Gasteiger partial charge in [0.1, 0.15) is 5.82 Å². The molecule has 108 valence electrons. The first-order valence-corrected chi connectivity index (χ1v) is 7.79. The van der Waals surface area contributed by atoms with E-state index >= 15 is 0 Å². The van der Waals surface area contributed by atoms with Crippen LogP contribution in [-0.2, 0) is 4.79 Å². The molecule has 2 rings (SSSR count). The predicted octanol–water partition coefficient (Wildman–Crippen LogP) is 3.61. The lowest BCUT2D eigenvalue weighted by Crippen LogP contribution is -2.07. The van der Waals surface area contributed by atoms with E-state index in [1.54, 1.807) is 24.3 Å². The Morgan fingerprint density at radius 2 is 2.14 bits per heavy atom. The number of benzene rings is 1. The number of hydrogen-bond acceptors (Lipinski definition) is 5. The number of carbonyl (C=O) groups excluding carboxylic acids is 1. The number of anilines is 1. The van der Waals surface area contributed by atoms with E-state index in [2.05, 4.69) is 22.1 Å². The van der Waals surface area contributed by atoms with Gasteiger partial charge in [-0.25, -0.2) is 4.39 Å². The van der Waals surface area contributed by atoms with Crippen molar-refractivity contribution in [1.82, 2.24) is 10.2 Å². The summed E-state index contributed by atoms with van der Waals surface area (Å²) in [7, 11) is 0. The fourth-order valence-electron chi connectivity index (χ4n) is 1.34. The van der Waals surface area contributed by atoms with Gasteiger partial charge >= 0.3 is 0 Å². The first-order chi connectivity index (χ1) is 10.2. The fourth-order valence-corrected chi connectivity index (χ4v) is 2.86. The number of aromatic nitrogens is 2. The number of nitrogens with zero attached hydrogens (tertiary/aromatic N) is 2. The van der Waals surface area contributed by atoms with E-state index in [9.17, 15) is 9.18 Å². The molecule has 1 aromatic carbocycles. The fraction of sp³-hybridized carbons (Fsp3) is 0.0714. The van der Waals surface area contributed by atoms with Crippen molar-refractivity contribution in [3.63, 3.8) is 0 Å². The third kappa shape index (κ3) is 5.13. The largest absolute Gasteiger partial charge is 0.297 e. The Balaban J connectivity index is 1.90. The van der Waals surface area contributed by atoms with Crippen LogP contribution in [0.25, 0.3) is 6.08 Å². The molecule has 0 aliphatic carbocycles. The van der Waals surface area contributed by atoms with Crippen LogP contribution in [-0.4, -0.2) is 21.9 Å². The molecule has 0 saturated carbocycles. The summed E-state index contributed by atoms with van der Waals surface area (Å²) in [5.74, 6) is 0.123. The molecule has 7 heteroatoms. The highest BCUT2D eigenvalue weighted by atomic mass is 32.2. The van der Waals surface area contributed by atoms with Crippen LogP contribution in [0, 0.1) is 5.82 Å². The molecule has 21 heavy (non-hydrogen) atoms. The maximum atomic E-state index is 12.7. The molecule has 1 N–H and O–H groups in total. The first-order valence-electron chi connectivity index (χ1n) is 5.99. The van der Waals surface area contributed by atoms with E-state index in [1.165, 1.54) is 41.3 Å². The number of thioether (sulfide) groups is 1. The zero-order valence-corrected chi connectivity index (χ0v) is 12.6. The average molecular weight is 321 g/mol.